The molecule has 3 aromatic rings. The summed E-state index contributed by atoms with van der Waals surface area (Å²) < 4.78 is 38.4. The van der Waals surface area contributed by atoms with E-state index in [-0.39, 0.29) is 4.68 Å². The SMILES string of the molecule is FC(F)(F)n1cc(CNCc2ccc3sccc3c2)cn1. The lowest BCUT2D eigenvalue weighted by atomic mass is 10.1. The molecular weight excluding hydrogens is 299 g/mol. The van der Waals surface area contributed by atoms with Crippen LogP contribution in [0.15, 0.2) is 42.0 Å². The maximum Gasteiger partial charge on any atom is 0.504 e. The van der Waals surface area contributed by atoms with Crippen molar-refractivity contribution < 1.29 is 13.2 Å². The first-order valence-electron chi connectivity index (χ1n) is 6.30. The Bertz CT molecular complexity index is 745. The van der Waals surface area contributed by atoms with E-state index in [4.69, 9.17) is 0 Å². The van der Waals surface area contributed by atoms with Crippen molar-refractivity contribution in [1.29, 1.82) is 0 Å². The molecule has 21 heavy (non-hydrogen) atoms. The molecule has 0 unspecified atom stereocenters. The Kier molecular flexibility index (Phi) is 3.69. The van der Waals surface area contributed by atoms with Gasteiger partial charge in [-0.2, -0.15) is 9.78 Å². The molecule has 2 heterocycles. The standard InChI is InChI=1S/C14H12F3N3S/c15-14(16,17)20-9-11(8-19-20)7-18-6-10-1-2-13-12(5-10)3-4-21-13/h1-5,8-9,18H,6-7H2. The zero-order valence-corrected chi connectivity index (χ0v) is 11.7. The van der Waals surface area contributed by atoms with Gasteiger partial charge in [0.15, 0.2) is 0 Å². The molecule has 0 saturated carbocycles. The molecule has 1 aromatic carbocycles. The first kappa shape index (κ1) is 14.1. The first-order chi connectivity index (χ1) is 10.0. The van der Waals surface area contributed by atoms with E-state index in [1.165, 1.54) is 16.3 Å². The zero-order chi connectivity index (χ0) is 14.9. The van der Waals surface area contributed by atoms with Gasteiger partial charge in [-0.25, -0.2) is 0 Å². The highest BCUT2D eigenvalue weighted by molar-refractivity contribution is 7.17. The molecule has 0 aliphatic carbocycles. The third kappa shape index (κ3) is 3.25. The number of rotatable bonds is 4. The van der Waals surface area contributed by atoms with Crippen LogP contribution in [-0.4, -0.2) is 9.78 Å². The number of alkyl halides is 3. The van der Waals surface area contributed by atoms with E-state index in [1.54, 1.807) is 11.3 Å². The summed E-state index contributed by atoms with van der Waals surface area (Å²) in [4.78, 5) is 0. The van der Waals surface area contributed by atoms with E-state index in [0.717, 1.165) is 11.8 Å². The maximum atomic E-state index is 12.4. The van der Waals surface area contributed by atoms with Gasteiger partial charge in [0.05, 0.1) is 6.20 Å². The summed E-state index contributed by atoms with van der Waals surface area (Å²) in [6.07, 6.45) is -2.24. The first-order valence-corrected chi connectivity index (χ1v) is 7.18. The molecule has 0 atom stereocenters. The molecular formula is C14H12F3N3S. The summed E-state index contributed by atoms with van der Waals surface area (Å²) in [5.74, 6) is 0. The van der Waals surface area contributed by atoms with Gasteiger partial charge in [0.25, 0.3) is 0 Å². The predicted octanol–water partition coefficient (Wildman–Crippen LogP) is 3.86. The van der Waals surface area contributed by atoms with Crippen molar-refractivity contribution in [3.05, 3.63) is 53.2 Å². The number of halogens is 3. The Morgan fingerprint density at radius 2 is 1.95 bits per heavy atom. The lowest BCUT2D eigenvalue weighted by Gasteiger charge is -2.05. The van der Waals surface area contributed by atoms with Crippen molar-refractivity contribution in [2.45, 2.75) is 19.4 Å². The molecule has 0 spiro atoms. The topological polar surface area (TPSA) is 29.9 Å². The van der Waals surface area contributed by atoms with Crippen LogP contribution in [0.5, 0.6) is 0 Å². The number of benzene rings is 1. The quantitative estimate of drug-likeness (QED) is 0.793. The largest absolute Gasteiger partial charge is 0.504 e. The van der Waals surface area contributed by atoms with Crippen molar-refractivity contribution in [2.24, 2.45) is 0 Å². The van der Waals surface area contributed by atoms with E-state index in [1.807, 2.05) is 11.4 Å². The van der Waals surface area contributed by atoms with E-state index in [9.17, 15) is 13.2 Å². The van der Waals surface area contributed by atoms with E-state index < -0.39 is 6.30 Å². The van der Waals surface area contributed by atoms with Gasteiger partial charge in [0, 0.05) is 29.5 Å². The number of nitrogens with one attached hydrogen (secondary N) is 1. The molecule has 0 aliphatic heterocycles. The molecule has 0 fully saturated rings. The van der Waals surface area contributed by atoms with Gasteiger partial charge in [-0.3, -0.25) is 0 Å². The molecule has 0 saturated heterocycles. The second kappa shape index (κ2) is 5.50. The molecule has 1 N–H and O–H groups in total. The van der Waals surface area contributed by atoms with Crippen LogP contribution >= 0.6 is 11.3 Å². The molecule has 3 rings (SSSR count). The average Bonchev–Trinajstić information content (AvgIpc) is 3.05. The summed E-state index contributed by atoms with van der Waals surface area (Å²) in [5, 5.41) is 9.64. The van der Waals surface area contributed by atoms with Crippen LogP contribution in [0.3, 0.4) is 0 Å². The van der Waals surface area contributed by atoms with Gasteiger partial charge in [-0.1, -0.05) is 6.07 Å². The van der Waals surface area contributed by atoms with Gasteiger partial charge in [0.1, 0.15) is 0 Å². The maximum absolute atomic E-state index is 12.4. The van der Waals surface area contributed by atoms with Crippen molar-refractivity contribution >= 4 is 21.4 Å². The van der Waals surface area contributed by atoms with E-state index in [0.29, 0.717) is 18.7 Å². The van der Waals surface area contributed by atoms with Crippen LogP contribution in [0, 0.1) is 0 Å². The smallest absolute Gasteiger partial charge is 0.309 e. The molecule has 2 aromatic heterocycles. The highest BCUT2D eigenvalue weighted by Crippen LogP contribution is 2.22. The van der Waals surface area contributed by atoms with Crippen LogP contribution in [-0.2, 0) is 19.4 Å². The summed E-state index contributed by atoms with van der Waals surface area (Å²) in [7, 11) is 0. The van der Waals surface area contributed by atoms with Crippen LogP contribution in [0.25, 0.3) is 10.1 Å². The van der Waals surface area contributed by atoms with Gasteiger partial charge in [-0.05, 0) is 34.5 Å². The average molecular weight is 311 g/mol. The molecule has 0 radical (unpaired) electrons. The van der Waals surface area contributed by atoms with Gasteiger partial charge in [-0.15, -0.1) is 24.5 Å². The minimum absolute atomic E-state index is 0.0153. The van der Waals surface area contributed by atoms with E-state index >= 15 is 0 Å². The highest BCUT2D eigenvalue weighted by atomic mass is 32.1. The van der Waals surface area contributed by atoms with Crippen molar-refractivity contribution in [3.63, 3.8) is 0 Å². The minimum atomic E-state index is -4.46. The molecule has 7 heteroatoms. The van der Waals surface area contributed by atoms with Crippen LogP contribution in [0.2, 0.25) is 0 Å². The monoisotopic (exact) mass is 311 g/mol. The minimum Gasteiger partial charge on any atom is -0.309 e. The number of fused-ring (bicyclic) bond motifs is 1. The number of aromatic nitrogens is 2. The number of hydrogen-bond acceptors (Lipinski definition) is 3. The summed E-state index contributed by atoms with van der Waals surface area (Å²) in [6, 6.07) is 8.21. The Morgan fingerprint density at radius 1 is 1.14 bits per heavy atom. The highest BCUT2D eigenvalue weighted by Gasteiger charge is 2.31. The molecule has 0 amide bonds. The lowest BCUT2D eigenvalue weighted by molar-refractivity contribution is -0.212. The number of nitrogens with zero attached hydrogens (tertiary/aromatic N) is 2. The fourth-order valence-corrected chi connectivity index (χ4v) is 2.84. The third-order valence-corrected chi connectivity index (χ3v) is 3.97. The van der Waals surface area contributed by atoms with Gasteiger partial charge >= 0.3 is 6.30 Å². The Morgan fingerprint density at radius 3 is 2.71 bits per heavy atom. The molecule has 110 valence electrons. The third-order valence-electron chi connectivity index (χ3n) is 3.07. The zero-order valence-electron chi connectivity index (χ0n) is 10.9. The summed E-state index contributed by atoms with van der Waals surface area (Å²) in [6.45, 7) is 0.945. The van der Waals surface area contributed by atoms with Crippen molar-refractivity contribution in [3.8, 4) is 0 Å². The van der Waals surface area contributed by atoms with Crippen LogP contribution in [0.1, 0.15) is 11.1 Å². The fourth-order valence-electron chi connectivity index (χ4n) is 2.07. The van der Waals surface area contributed by atoms with Crippen LogP contribution in [0.4, 0.5) is 13.2 Å². The van der Waals surface area contributed by atoms with Gasteiger partial charge in [0.2, 0.25) is 0 Å². The van der Waals surface area contributed by atoms with Crippen molar-refractivity contribution in [1.82, 2.24) is 15.1 Å². The summed E-state index contributed by atoms with van der Waals surface area (Å²) in [5.41, 5.74) is 1.60. The fraction of sp³-hybridized carbons (Fsp3) is 0.214. The molecule has 3 nitrogen and oxygen atoms in total. The Labute approximate surface area is 123 Å². The van der Waals surface area contributed by atoms with Gasteiger partial charge < -0.3 is 5.32 Å². The Balaban J connectivity index is 1.59. The predicted molar refractivity (Wildman–Crippen MR) is 75.9 cm³/mol. The Hall–Kier alpha value is -1.86. The van der Waals surface area contributed by atoms with Crippen molar-refractivity contribution in [2.75, 3.05) is 0 Å². The normalized spacial score (nSPS) is 12.1. The van der Waals surface area contributed by atoms with Crippen LogP contribution < -0.4 is 5.32 Å². The summed E-state index contributed by atoms with van der Waals surface area (Å²) >= 11 is 1.68. The lowest BCUT2D eigenvalue weighted by Crippen LogP contribution is -2.17. The second-order valence-corrected chi connectivity index (χ2v) is 5.61. The number of hydrogen-bond donors (Lipinski definition) is 1. The van der Waals surface area contributed by atoms with E-state index in [2.05, 4.69) is 28.6 Å². The molecule has 0 bridgehead atoms. The molecule has 0 aliphatic rings. The number of thiophene rings is 1. The second-order valence-electron chi connectivity index (χ2n) is 4.66.